The summed E-state index contributed by atoms with van der Waals surface area (Å²) < 4.78 is 10.9. The number of hydrogen-bond donors (Lipinski definition) is 1. The fourth-order valence-electron chi connectivity index (χ4n) is 1.76. The maximum absolute atomic E-state index is 8.99. The van der Waals surface area contributed by atoms with E-state index in [0.717, 1.165) is 5.56 Å². The molecule has 102 valence electrons. The van der Waals surface area contributed by atoms with Crippen LogP contribution in [0, 0.1) is 11.3 Å². The molecule has 1 aromatic heterocycles. The lowest BCUT2D eigenvalue weighted by Crippen LogP contribution is -2.07. The first-order valence-electron chi connectivity index (χ1n) is 6.11. The van der Waals surface area contributed by atoms with Crippen molar-refractivity contribution in [1.29, 1.82) is 5.26 Å². The number of methoxy groups -OCH3 is 1. The van der Waals surface area contributed by atoms with Gasteiger partial charge in [0.05, 0.1) is 18.7 Å². The third-order valence-corrected chi connectivity index (χ3v) is 2.75. The summed E-state index contributed by atoms with van der Waals surface area (Å²) in [5.74, 6) is 1.47. The Morgan fingerprint density at radius 1 is 1.30 bits per heavy atom. The summed E-state index contributed by atoms with van der Waals surface area (Å²) >= 11 is 0. The highest BCUT2D eigenvalue weighted by molar-refractivity contribution is 5.45. The minimum Gasteiger partial charge on any atom is -0.497 e. The number of pyridine rings is 1. The number of ether oxygens (including phenoxy) is 2. The van der Waals surface area contributed by atoms with Crippen molar-refractivity contribution < 1.29 is 9.47 Å². The molecule has 0 bridgehead atoms. The number of aromatic nitrogens is 1. The van der Waals surface area contributed by atoms with E-state index in [1.165, 1.54) is 7.11 Å². The monoisotopic (exact) mass is 269 g/mol. The van der Waals surface area contributed by atoms with Crippen LogP contribution >= 0.6 is 0 Å². The van der Waals surface area contributed by atoms with E-state index in [-0.39, 0.29) is 6.04 Å². The van der Waals surface area contributed by atoms with Crippen molar-refractivity contribution in [1.82, 2.24) is 4.98 Å². The quantitative estimate of drug-likeness (QED) is 0.923. The molecular formula is C15H15N3O2. The predicted octanol–water partition coefficient (Wildman–Crippen LogP) is 2.77. The maximum Gasteiger partial charge on any atom is 0.223 e. The Hall–Kier alpha value is -2.58. The average molecular weight is 269 g/mol. The second-order valence-electron chi connectivity index (χ2n) is 4.30. The molecule has 0 fully saturated rings. The molecule has 0 aliphatic carbocycles. The minimum absolute atomic E-state index is 0.195. The molecule has 5 heteroatoms. The molecule has 20 heavy (non-hydrogen) atoms. The largest absolute Gasteiger partial charge is 0.497 e. The first-order valence-corrected chi connectivity index (χ1v) is 6.11. The van der Waals surface area contributed by atoms with Gasteiger partial charge in [-0.05, 0) is 25.1 Å². The molecule has 5 nitrogen and oxygen atoms in total. The van der Waals surface area contributed by atoms with E-state index in [4.69, 9.17) is 20.5 Å². The van der Waals surface area contributed by atoms with Gasteiger partial charge in [-0.25, -0.2) is 4.98 Å². The summed E-state index contributed by atoms with van der Waals surface area (Å²) in [5.41, 5.74) is 7.14. The van der Waals surface area contributed by atoms with E-state index in [9.17, 15) is 0 Å². The zero-order valence-corrected chi connectivity index (χ0v) is 11.3. The summed E-state index contributed by atoms with van der Waals surface area (Å²) in [6, 6.07) is 10.5. The second-order valence-corrected chi connectivity index (χ2v) is 4.30. The second kappa shape index (κ2) is 6.04. The number of nitrogens with zero attached hydrogens (tertiary/aromatic N) is 2. The lowest BCUT2D eigenvalue weighted by Gasteiger charge is -2.13. The molecule has 1 heterocycles. The number of nitriles is 1. The Kier molecular flexibility index (Phi) is 4.18. The number of rotatable bonds is 4. The molecule has 2 N–H and O–H groups in total. The van der Waals surface area contributed by atoms with Crippen LogP contribution in [-0.4, -0.2) is 12.1 Å². The highest BCUT2D eigenvalue weighted by Crippen LogP contribution is 2.29. The highest BCUT2D eigenvalue weighted by Gasteiger charge is 2.11. The van der Waals surface area contributed by atoms with Gasteiger partial charge in [0.2, 0.25) is 5.88 Å². The SMILES string of the molecule is COc1cc(C#N)cc(Oc2ncccc2C(C)N)c1. The van der Waals surface area contributed by atoms with Crippen molar-refractivity contribution in [2.24, 2.45) is 5.73 Å². The van der Waals surface area contributed by atoms with Gasteiger partial charge in [-0.3, -0.25) is 0 Å². The molecule has 0 spiro atoms. The van der Waals surface area contributed by atoms with Gasteiger partial charge in [0.25, 0.3) is 0 Å². The normalized spacial score (nSPS) is 11.5. The van der Waals surface area contributed by atoms with E-state index in [0.29, 0.717) is 22.9 Å². The van der Waals surface area contributed by atoms with Crippen molar-refractivity contribution >= 4 is 0 Å². The Morgan fingerprint density at radius 2 is 2.05 bits per heavy atom. The fraction of sp³-hybridized carbons (Fsp3) is 0.200. The van der Waals surface area contributed by atoms with Crippen LogP contribution in [0.25, 0.3) is 0 Å². The molecule has 2 aromatic rings. The van der Waals surface area contributed by atoms with Crippen molar-refractivity contribution in [3.05, 3.63) is 47.7 Å². The molecule has 0 aliphatic rings. The highest BCUT2D eigenvalue weighted by atomic mass is 16.5. The van der Waals surface area contributed by atoms with E-state index >= 15 is 0 Å². The molecule has 2 rings (SSSR count). The van der Waals surface area contributed by atoms with E-state index in [1.807, 2.05) is 13.0 Å². The number of hydrogen-bond acceptors (Lipinski definition) is 5. The van der Waals surface area contributed by atoms with E-state index in [1.54, 1.807) is 30.5 Å². The van der Waals surface area contributed by atoms with Gasteiger partial charge in [-0.2, -0.15) is 5.26 Å². The molecule has 1 atom stereocenters. The first-order chi connectivity index (χ1) is 9.63. The smallest absolute Gasteiger partial charge is 0.223 e. The lowest BCUT2D eigenvalue weighted by molar-refractivity contribution is 0.406. The molecule has 0 amide bonds. The van der Waals surface area contributed by atoms with Crippen LogP contribution in [-0.2, 0) is 0 Å². The molecule has 0 radical (unpaired) electrons. The van der Waals surface area contributed by atoms with Gasteiger partial charge >= 0.3 is 0 Å². The first kappa shape index (κ1) is 13.8. The Bertz CT molecular complexity index is 648. The minimum atomic E-state index is -0.195. The summed E-state index contributed by atoms with van der Waals surface area (Å²) in [5, 5.41) is 8.99. The third kappa shape index (κ3) is 3.05. The molecule has 0 saturated carbocycles. The summed E-state index contributed by atoms with van der Waals surface area (Å²) in [6.07, 6.45) is 1.63. The number of nitrogens with two attached hydrogens (primary N) is 1. The van der Waals surface area contributed by atoms with Crippen LogP contribution in [0.15, 0.2) is 36.5 Å². The fourth-order valence-corrected chi connectivity index (χ4v) is 1.76. The number of benzene rings is 1. The zero-order valence-electron chi connectivity index (χ0n) is 11.3. The van der Waals surface area contributed by atoms with Crippen LogP contribution in [0.2, 0.25) is 0 Å². The standard InChI is InChI=1S/C15H15N3O2/c1-10(17)14-4-3-5-18-15(14)20-13-7-11(9-16)6-12(8-13)19-2/h3-8,10H,17H2,1-2H3. The summed E-state index contributed by atoms with van der Waals surface area (Å²) in [7, 11) is 1.54. The van der Waals surface area contributed by atoms with E-state index in [2.05, 4.69) is 11.1 Å². The van der Waals surface area contributed by atoms with Gasteiger partial charge in [0.1, 0.15) is 11.5 Å². The van der Waals surface area contributed by atoms with Crippen molar-refractivity contribution in [2.45, 2.75) is 13.0 Å². The maximum atomic E-state index is 8.99. The lowest BCUT2D eigenvalue weighted by atomic mass is 10.1. The summed E-state index contributed by atoms with van der Waals surface area (Å²) in [6.45, 7) is 1.86. The van der Waals surface area contributed by atoms with E-state index < -0.39 is 0 Å². The van der Waals surface area contributed by atoms with Crippen molar-refractivity contribution in [2.75, 3.05) is 7.11 Å². The van der Waals surface area contributed by atoms with Crippen molar-refractivity contribution in [3.63, 3.8) is 0 Å². The molecule has 1 unspecified atom stereocenters. The Labute approximate surface area is 117 Å². The van der Waals surface area contributed by atoms with Gasteiger partial charge < -0.3 is 15.2 Å². The van der Waals surface area contributed by atoms with Gasteiger partial charge in [-0.15, -0.1) is 0 Å². The Morgan fingerprint density at radius 3 is 2.70 bits per heavy atom. The van der Waals surface area contributed by atoms with Crippen LogP contribution in [0.4, 0.5) is 0 Å². The van der Waals surface area contributed by atoms with Crippen LogP contribution in [0.1, 0.15) is 24.1 Å². The van der Waals surface area contributed by atoms with Crippen LogP contribution in [0.5, 0.6) is 17.4 Å². The molecule has 1 aromatic carbocycles. The molecule has 0 aliphatic heterocycles. The van der Waals surface area contributed by atoms with Crippen LogP contribution < -0.4 is 15.2 Å². The van der Waals surface area contributed by atoms with Crippen molar-refractivity contribution in [3.8, 4) is 23.4 Å². The third-order valence-electron chi connectivity index (χ3n) is 2.75. The van der Waals surface area contributed by atoms with Crippen LogP contribution in [0.3, 0.4) is 0 Å². The zero-order chi connectivity index (χ0) is 14.5. The molecule has 0 saturated heterocycles. The van der Waals surface area contributed by atoms with Gasteiger partial charge in [0.15, 0.2) is 0 Å². The van der Waals surface area contributed by atoms with Gasteiger partial charge in [-0.1, -0.05) is 6.07 Å². The molecular weight excluding hydrogens is 254 g/mol. The van der Waals surface area contributed by atoms with Gasteiger partial charge in [0, 0.05) is 23.9 Å². The Balaban J connectivity index is 2.38. The average Bonchev–Trinajstić information content (AvgIpc) is 2.47. The predicted molar refractivity (Wildman–Crippen MR) is 74.6 cm³/mol. The summed E-state index contributed by atoms with van der Waals surface area (Å²) in [4.78, 5) is 4.18. The topological polar surface area (TPSA) is 81.2 Å².